The third kappa shape index (κ3) is 4.02. The van der Waals surface area contributed by atoms with Gasteiger partial charge in [0.05, 0.1) is 23.1 Å². The number of halogens is 3. The van der Waals surface area contributed by atoms with Gasteiger partial charge in [-0.15, -0.1) is 0 Å². The molecule has 1 aromatic carbocycles. The van der Waals surface area contributed by atoms with Crippen LogP contribution in [0.3, 0.4) is 0 Å². The van der Waals surface area contributed by atoms with E-state index in [1.54, 1.807) is 24.5 Å². The van der Waals surface area contributed by atoms with Crippen LogP contribution in [0.5, 0.6) is 0 Å². The molecule has 0 atom stereocenters. The van der Waals surface area contributed by atoms with Gasteiger partial charge in [-0.25, -0.2) is 13.3 Å². The first-order valence-corrected chi connectivity index (χ1v) is 12.0. The summed E-state index contributed by atoms with van der Waals surface area (Å²) in [7, 11) is -3.78. The Kier molecular flexibility index (Phi) is 5.36. The lowest BCUT2D eigenvalue weighted by atomic mass is 10.1. The molecule has 1 amide bonds. The van der Waals surface area contributed by atoms with Crippen molar-refractivity contribution in [1.82, 2.24) is 9.47 Å². The molecule has 1 aromatic heterocycles. The van der Waals surface area contributed by atoms with Gasteiger partial charge in [0.1, 0.15) is 5.84 Å². The zero-order chi connectivity index (χ0) is 24.3. The second-order valence-electron chi connectivity index (χ2n) is 7.39. The molecule has 2 aliphatic rings. The van der Waals surface area contributed by atoms with E-state index in [1.165, 1.54) is 18.2 Å². The summed E-state index contributed by atoms with van der Waals surface area (Å²) in [4.78, 5) is 17.4. The minimum absolute atomic E-state index is 0.0305. The number of sulfone groups is 1. The van der Waals surface area contributed by atoms with Crippen LogP contribution in [0.15, 0.2) is 45.3 Å². The minimum atomic E-state index is -4.50. The molecule has 4 rings (SSSR count). The van der Waals surface area contributed by atoms with Crippen molar-refractivity contribution in [3.05, 3.63) is 58.4 Å². The molecule has 1 N–H and O–H groups in total. The van der Waals surface area contributed by atoms with E-state index in [-0.39, 0.29) is 16.4 Å². The van der Waals surface area contributed by atoms with E-state index in [0.29, 0.717) is 28.9 Å². The van der Waals surface area contributed by atoms with Gasteiger partial charge in [-0.2, -0.15) is 22.6 Å². The number of carbonyl (C=O) groups is 1. The van der Waals surface area contributed by atoms with Crippen molar-refractivity contribution in [3.8, 4) is 5.69 Å². The first kappa shape index (κ1) is 23.0. The molecule has 2 aromatic rings. The van der Waals surface area contributed by atoms with E-state index in [2.05, 4.69) is 9.39 Å². The molecule has 0 saturated carbocycles. The summed E-state index contributed by atoms with van der Waals surface area (Å²) in [6.45, 7) is 3.37. The summed E-state index contributed by atoms with van der Waals surface area (Å²) in [5, 5.41) is 7.99. The van der Waals surface area contributed by atoms with Gasteiger partial charge in [-0.1, -0.05) is 6.07 Å². The molecule has 172 valence electrons. The summed E-state index contributed by atoms with van der Waals surface area (Å²) in [6, 6.07) is 6.51. The molecule has 0 radical (unpaired) electrons. The number of rotatable bonds is 2. The van der Waals surface area contributed by atoms with Crippen LogP contribution in [0, 0.1) is 19.3 Å². The Balaban J connectivity index is 1.78. The Morgan fingerprint density at radius 1 is 1.18 bits per heavy atom. The highest BCUT2D eigenvalue weighted by molar-refractivity contribution is 8.16. The Morgan fingerprint density at radius 2 is 1.88 bits per heavy atom. The van der Waals surface area contributed by atoms with Gasteiger partial charge < -0.3 is 4.57 Å². The molecular weight excluding hydrogens is 479 g/mol. The van der Waals surface area contributed by atoms with E-state index < -0.39 is 38.5 Å². The zero-order valence-electron chi connectivity index (χ0n) is 17.4. The van der Waals surface area contributed by atoms with Crippen LogP contribution in [0.25, 0.3) is 11.8 Å². The van der Waals surface area contributed by atoms with E-state index >= 15 is 0 Å². The molecule has 8 nitrogen and oxygen atoms in total. The maximum absolute atomic E-state index is 13.2. The standard InChI is InChI=1S/C20H16F3N5O3S2/c1-10-7-12(11(2)27(10)14-6-4-5-13(9-14)20(21,22)23)8-15-16(24)28-18(25-17(15)29)32-26-19(28)33(3,30)31/h4-9,24H,1-3H3/b15-8-,24-16?. The van der Waals surface area contributed by atoms with E-state index in [4.69, 9.17) is 5.41 Å². The molecule has 0 bridgehead atoms. The summed E-state index contributed by atoms with van der Waals surface area (Å²) >= 11 is 0.687. The normalized spacial score (nSPS) is 18.0. The van der Waals surface area contributed by atoms with Crippen LogP contribution in [0.2, 0.25) is 0 Å². The number of hydrogen-bond donors (Lipinski definition) is 1. The topological polar surface area (TPSA) is 108 Å². The number of fused-ring (bicyclic) bond motifs is 1. The molecule has 13 heteroatoms. The molecular formula is C20H16F3N5O3S2. The zero-order valence-corrected chi connectivity index (χ0v) is 19.1. The van der Waals surface area contributed by atoms with Crippen molar-refractivity contribution in [2.45, 2.75) is 20.0 Å². The second kappa shape index (κ2) is 7.70. The average Bonchev–Trinajstić information content (AvgIpc) is 3.25. The van der Waals surface area contributed by atoms with E-state index in [9.17, 15) is 26.4 Å². The van der Waals surface area contributed by atoms with Gasteiger partial charge in [-0.3, -0.25) is 10.2 Å². The fraction of sp³-hybridized carbons (Fsp3) is 0.200. The van der Waals surface area contributed by atoms with Crippen LogP contribution in [0.4, 0.5) is 13.2 Å². The number of amidine groups is 3. The molecule has 0 saturated heterocycles. The third-order valence-electron chi connectivity index (χ3n) is 5.03. The monoisotopic (exact) mass is 495 g/mol. The maximum Gasteiger partial charge on any atom is 0.416 e. The average molecular weight is 496 g/mol. The fourth-order valence-corrected chi connectivity index (χ4v) is 5.39. The summed E-state index contributed by atoms with van der Waals surface area (Å²) < 4.78 is 68.9. The van der Waals surface area contributed by atoms with Gasteiger partial charge >= 0.3 is 6.18 Å². The number of aromatic nitrogens is 1. The van der Waals surface area contributed by atoms with Crippen molar-refractivity contribution in [1.29, 1.82) is 5.41 Å². The molecule has 0 unspecified atom stereocenters. The molecule has 0 fully saturated rings. The molecule has 0 aliphatic carbocycles. The maximum atomic E-state index is 13.2. The lowest BCUT2D eigenvalue weighted by molar-refractivity contribution is -0.137. The van der Waals surface area contributed by atoms with Crippen molar-refractivity contribution >= 4 is 49.9 Å². The largest absolute Gasteiger partial charge is 0.416 e. The third-order valence-corrected chi connectivity index (χ3v) is 6.78. The van der Waals surface area contributed by atoms with Gasteiger partial charge in [0.15, 0.2) is 0 Å². The highest BCUT2D eigenvalue weighted by Gasteiger charge is 2.41. The number of amides is 1. The van der Waals surface area contributed by atoms with Gasteiger partial charge in [0.2, 0.25) is 20.2 Å². The SMILES string of the molecule is Cc1cc(/C=C2/C(=N)N3C(=NC2=O)SN=C3S(C)(=O)=O)c(C)n1-c1cccc(C(F)(F)F)c1. The van der Waals surface area contributed by atoms with Crippen molar-refractivity contribution < 1.29 is 26.4 Å². The Bertz CT molecular complexity index is 1420. The van der Waals surface area contributed by atoms with E-state index in [1.807, 2.05) is 0 Å². The Labute approximate surface area is 191 Å². The molecule has 2 aliphatic heterocycles. The number of alkyl halides is 3. The lowest BCUT2D eigenvalue weighted by Gasteiger charge is -2.23. The number of carbonyl (C=O) groups excluding carboxylic acids is 1. The number of nitrogens with one attached hydrogen (secondary N) is 1. The van der Waals surface area contributed by atoms with Gasteiger partial charge in [0.25, 0.3) is 5.91 Å². The first-order chi connectivity index (χ1) is 15.3. The van der Waals surface area contributed by atoms with Crippen LogP contribution in [0.1, 0.15) is 22.5 Å². The Hall–Kier alpha value is -3.19. The molecule has 0 spiro atoms. The highest BCUT2D eigenvalue weighted by atomic mass is 32.2. The van der Waals surface area contributed by atoms with Crippen LogP contribution in [-0.4, -0.2) is 46.2 Å². The number of nitrogens with zero attached hydrogens (tertiary/aromatic N) is 4. The van der Waals surface area contributed by atoms with Crippen LogP contribution >= 0.6 is 11.9 Å². The molecule has 33 heavy (non-hydrogen) atoms. The van der Waals surface area contributed by atoms with Crippen LogP contribution in [-0.2, 0) is 20.8 Å². The number of aryl methyl sites for hydroxylation is 1. The van der Waals surface area contributed by atoms with Crippen molar-refractivity contribution in [3.63, 3.8) is 0 Å². The first-order valence-electron chi connectivity index (χ1n) is 9.34. The number of benzene rings is 1. The number of aliphatic imine (C=N–C) groups is 1. The van der Waals surface area contributed by atoms with Gasteiger partial charge in [0, 0.05) is 23.3 Å². The predicted octanol–water partition coefficient (Wildman–Crippen LogP) is 3.73. The lowest BCUT2D eigenvalue weighted by Crippen LogP contribution is -2.45. The minimum Gasteiger partial charge on any atom is -0.318 e. The Morgan fingerprint density at radius 3 is 2.52 bits per heavy atom. The summed E-state index contributed by atoms with van der Waals surface area (Å²) in [5.41, 5.74) is 0.938. The van der Waals surface area contributed by atoms with Crippen molar-refractivity contribution in [2.24, 2.45) is 9.39 Å². The summed E-state index contributed by atoms with van der Waals surface area (Å²) in [5.74, 6) is -1.14. The quantitative estimate of drug-likeness (QED) is 0.505. The van der Waals surface area contributed by atoms with Gasteiger partial charge in [-0.05, 0) is 49.8 Å². The highest BCUT2D eigenvalue weighted by Crippen LogP contribution is 2.33. The van der Waals surface area contributed by atoms with Crippen molar-refractivity contribution in [2.75, 3.05) is 6.26 Å². The summed E-state index contributed by atoms with van der Waals surface area (Å²) in [6.07, 6.45) is -2.19. The smallest absolute Gasteiger partial charge is 0.318 e. The second-order valence-corrected chi connectivity index (χ2v) is 10.0. The van der Waals surface area contributed by atoms with E-state index in [0.717, 1.165) is 23.3 Å². The fourth-order valence-electron chi connectivity index (χ4n) is 3.55. The molecule has 3 heterocycles. The number of hydrogen-bond acceptors (Lipinski definition) is 6. The predicted molar refractivity (Wildman–Crippen MR) is 120 cm³/mol. The van der Waals surface area contributed by atoms with Crippen LogP contribution < -0.4 is 0 Å².